The third-order valence-electron chi connectivity index (χ3n) is 0.247. The molecule has 0 bridgehead atoms. The van der Waals surface area contributed by atoms with Crippen molar-refractivity contribution in [2.75, 3.05) is 0 Å². The van der Waals surface area contributed by atoms with Crippen molar-refractivity contribution in [2.24, 2.45) is 0 Å². The van der Waals surface area contributed by atoms with Crippen LogP contribution in [0.2, 0.25) is 5.32 Å². The van der Waals surface area contributed by atoms with Crippen LogP contribution in [0.1, 0.15) is 6.42 Å². The standard InChI is InChI=1S/C3H6SeTe/c4-2-1-3-5/h3-4H,1-2H2. The summed E-state index contributed by atoms with van der Waals surface area (Å²) in [6, 6.07) is 0. The van der Waals surface area contributed by atoms with Crippen molar-refractivity contribution in [3.05, 3.63) is 0 Å². The molecule has 0 aromatic carbocycles. The summed E-state index contributed by atoms with van der Waals surface area (Å²) in [6.45, 7) is 0. The maximum absolute atomic E-state index is 2.55. The van der Waals surface area contributed by atoms with Crippen molar-refractivity contribution in [3.8, 4) is 0 Å². The van der Waals surface area contributed by atoms with Gasteiger partial charge in [0, 0.05) is 0 Å². The molecule has 0 heterocycles. The van der Waals surface area contributed by atoms with Gasteiger partial charge < -0.3 is 0 Å². The zero-order valence-corrected chi connectivity index (χ0v) is 7.05. The number of hydrogen-bond donors (Lipinski definition) is 0. The van der Waals surface area contributed by atoms with Crippen LogP contribution in [-0.2, 0) is 0 Å². The van der Waals surface area contributed by atoms with Crippen LogP contribution in [-0.4, -0.2) is 41.9 Å². The third kappa shape index (κ3) is 5.18. The number of rotatable bonds is 2. The zero-order chi connectivity index (χ0) is 4.12. The molecular formula is C3H6SeTe. The number of hydrogen-bond acceptors (Lipinski definition) is 0. The van der Waals surface area contributed by atoms with Gasteiger partial charge in [-0.3, -0.25) is 0 Å². The van der Waals surface area contributed by atoms with Gasteiger partial charge in [0.15, 0.2) is 0 Å². The second kappa shape index (κ2) is 5.18. The van der Waals surface area contributed by atoms with Crippen molar-refractivity contribution < 1.29 is 0 Å². The Bertz CT molecular complexity index is 28.1. The molecule has 0 N–H and O–H groups in total. The molecule has 30 valence electrons. The van der Waals surface area contributed by atoms with E-state index in [1.54, 1.807) is 0 Å². The summed E-state index contributed by atoms with van der Waals surface area (Å²) in [5.41, 5.74) is 0. The van der Waals surface area contributed by atoms with Gasteiger partial charge in [-0.25, -0.2) is 0 Å². The fourth-order valence-corrected chi connectivity index (χ4v) is 1.84. The van der Waals surface area contributed by atoms with Gasteiger partial charge in [0.25, 0.3) is 0 Å². The van der Waals surface area contributed by atoms with Gasteiger partial charge in [0.1, 0.15) is 0 Å². The summed E-state index contributed by atoms with van der Waals surface area (Å²) in [6.07, 6.45) is 1.24. The summed E-state index contributed by atoms with van der Waals surface area (Å²) in [4.78, 5) is 0. The molecule has 0 rings (SSSR count). The van der Waals surface area contributed by atoms with Crippen LogP contribution < -0.4 is 0 Å². The van der Waals surface area contributed by atoms with Crippen LogP contribution in [0.4, 0.5) is 0 Å². The van der Waals surface area contributed by atoms with Gasteiger partial charge in [-0.15, -0.1) is 0 Å². The SMILES string of the molecule is [SeH]CCC=[Te]. The molecule has 0 saturated carbocycles. The molecule has 0 amide bonds. The molecule has 0 saturated heterocycles. The molecule has 0 unspecified atom stereocenters. The van der Waals surface area contributed by atoms with Crippen LogP contribution in [0.3, 0.4) is 0 Å². The van der Waals surface area contributed by atoms with E-state index in [2.05, 4.69) is 20.1 Å². The van der Waals surface area contributed by atoms with Gasteiger partial charge in [-0.1, -0.05) is 0 Å². The van der Waals surface area contributed by atoms with Crippen molar-refractivity contribution in [2.45, 2.75) is 11.7 Å². The van der Waals surface area contributed by atoms with Crippen molar-refractivity contribution >= 4 is 41.9 Å². The van der Waals surface area contributed by atoms with E-state index in [0.29, 0.717) is 0 Å². The van der Waals surface area contributed by atoms with Crippen LogP contribution in [0.15, 0.2) is 0 Å². The molecule has 0 aliphatic rings. The monoisotopic (exact) mass is 252 g/mol. The van der Waals surface area contributed by atoms with Gasteiger partial charge in [0.05, 0.1) is 0 Å². The Hall–Kier alpha value is 1.18. The first-order valence-corrected chi connectivity index (χ1v) is 4.13. The first kappa shape index (κ1) is 6.18. The summed E-state index contributed by atoms with van der Waals surface area (Å²) in [7, 11) is 0. The summed E-state index contributed by atoms with van der Waals surface area (Å²) < 4.78 is 2.17. The van der Waals surface area contributed by atoms with Crippen LogP contribution in [0, 0.1) is 0 Å². The average Bonchev–Trinajstić information content (AvgIpc) is 1.41. The molecule has 0 fully saturated rings. The Balaban J connectivity index is 2.40. The Kier molecular flexibility index (Phi) is 6.40. The molecule has 0 atom stereocenters. The van der Waals surface area contributed by atoms with Gasteiger partial charge in [-0.05, 0) is 0 Å². The van der Waals surface area contributed by atoms with E-state index in [4.69, 9.17) is 0 Å². The summed E-state index contributed by atoms with van der Waals surface area (Å²) in [5.74, 6) is 0. The molecule has 0 aliphatic carbocycles. The normalized spacial score (nSPS) is 7.40. The van der Waals surface area contributed by atoms with Crippen LogP contribution >= 0.6 is 0 Å². The predicted octanol–water partition coefficient (Wildman–Crippen LogP) is -0.334. The van der Waals surface area contributed by atoms with E-state index in [0.717, 1.165) is 0 Å². The second-order valence-electron chi connectivity index (χ2n) is 0.679. The molecule has 0 spiro atoms. The second-order valence-corrected chi connectivity index (χ2v) is 2.57. The zero-order valence-electron chi connectivity index (χ0n) is 2.85. The topological polar surface area (TPSA) is 0 Å². The molecule has 0 aromatic rings. The van der Waals surface area contributed by atoms with E-state index in [9.17, 15) is 0 Å². The fraction of sp³-hybridized carbons (Fsp3) is 0.667. The van der Waals surface area contributed by atoms with Crippen molar-refractivity contribution in [3.63, 3.8) is 0 Å². The van der Waals surface area contributed by atoms with E-state index in [1.165, 1.54) is 11.7 Å². The Labute approximate surface area is 53.5 Å². The first-order chi connectivity index (χ1) is 2.41. The Morgan fingerprint density at radius 2 is 2.40 bits per heavy atom. The maximum atomic E-state index is 2.55. The summed E-state index contributed by atoms with van der Waals surface area (Å²) in [5, 5.41) is 1.23. The molecule has 0 radical (unpaired) electrons. The van der Waals surface area contributed by atoms with Gasteiger partial charge in [-0.2, -0.15) is 0 Å². The van der Waals surface area contributed by atoms with Crippen molar-refractivity contribution in [1.82, 2.24) is 0 Å². The van der Waals surface area contributed by atoms with Gasteiger partial charge in [0.2, 0.25) is 0 Å². The third-order valence-corrected chi connectivity index (χ3v) is 1.46. The van der Waals surface area contributed by atoms with E-state index in [-0.39, 0.29) is 0 Å². The Morgan fingerprint density at radius 1 is 1.80 bits per heavy atom. The van der Waals surface area contributed by atoms with Gasteiger partial charge >= 0.3 is 53.6 Å². The fourth-order valence-electron chi connectivity index (χ4n) is 0.0527. The minimum atomic E-state index is 1.23. The predicted molar refractivity (Wildman–Crippen MR) is 28.4 cm³/mol. The minimum absolute atomic E-state index is 1.23. The molecule has 2 heteroatoms. The Morgan fingerprint density at radius 3 is 2.40 bits per heavy atom. The molecular weight excluding hydrogens is 243 g/mol. The summed E-state index contributed by atoms with van der Waals surface area (Å²) >= 11 is 4.57. The van der Waals surface area contributed by atoms with Crippen molar-refractivity contribution in [1.29, 1.82) is 0 Å². The first-order valence-electron chi connectivity index (χ1n) is 1.46. The van der Waals surface area contributed by atoms with E-state index < -0.39 is 0 Å². The van der Waals surface area contributed by atoms with E-state index >= 15 is 0 Å². The molecule has 0 nitrogen and oxygen atoms in total. The average molecular weight is 249 g/mol. The van der Waals surface area contributed by atoms with E-state index in [1.807, 2.05) is 21.8 Å². The van der Waals surface area contributed by atoms with Crippen LogP contribution in [0.5, 0.6) is 0 Å². The molecule has 0 aromatic heterocycles. The quantitative estimate of drug-likeness (QED) is 0.587. The molecule has 0 aliphatic heterocycles. The molecule has 5 heavy (non-hydrogen) atoms. The van der Waals surface area contributed by atoms with Crippen LogP contribution in [0.25, 0.3) is 0 Å².